The van der Waals surface area contributed by atoms with Gasteiger partial charge in [-0.2, -0.15) is 0 Å². The van der Waals surface area contributed by atoms with Crippen LogP contribution in [0.2, 0.25) is 0 Å². The van der Waals surface area contributed by atoms with Gasteiger partial charge in [0, 0.05) is 26.1 Å². The van der Waals surface area contributed by atoms with Crippen molar-refractivity contribution in [2.75, 3.05) is 19.6 Å². The number of rotatable bonds is 6. The second-order valence-corrected chi connectivity index (χ2v) is 7.16. The zero-order valence-electron chi connectivity index (χ0n) is 12.6. The molecule has 2 aliphatic carbocycles. The van der Waals surface area contributed by atoms with Crippen LogP contribution < -0.4 is 5.32 Å². The first-order valence-corrected chi connectivity index (χ1v) is 8.34. The highest BCUT2D eigenvalue weighted by molar-refractivity contribution is 5.74. The molecule has 0 atom stereocenters. The number of nitrogens with one attached hydrogen (secondary N) is 1. The molecule has 0 bridgehead atoms. The summed E-state index contributed by atoms with van der Waals surface area (Å²) in [5, 5.41) is 11.8. The first-order chi connectivity index (χ1) is 10.1. The van der Waals surface area contributed by atoms with Crippen molar-refractivity contribution in [3.8, 4) is 0 Å². The minimum Gasteiger partial charge on any atom is -0.481 e. The van der Waals surface area contributed by atoms with E-state index in [0.717, 1.165) is 44.8 Å². The molecule has 3 fully saturated rings. The Bertz CT molecular complexity index is 408. The van der Waals surface area contributed by atoms with Crippen LogP contribution in [0.25, 0.3) is 0 Å². The third kappa shape index (κ3) is 3.69. The molecule has 118 valence electrons. The Hall–Kier alpha value is -1.26. The van der Waals surface area contributed by atoms with Gasteiger partial charge in [0.2, 0.25) is 0 Å². The first-order valence-electron chi connectivity index (χ1n) is 8.34. The molecule has 0 spiro atoms. The average Bonchev–Trinajstić information content (AvgIpc) is 3.36. The Balaban J connectivity index is 1.36. The fraction of sp³-hybridized carbons (Fsp3) is 0.875. The second-order valence-electron chi connectivity index (χ2n) is 7.16. The lowest BCUT2D eigenvalue weighted by Crippen LogP contribution is -2.46. The molecule has 0 unspecified atom stereocenters. The van der Waals surface area contributed by atoms with Crippen LogP contribution in [0.1, 0.15) is 51.4 Å². The fourth-order valence-electron chi connectivity index (χ4n) is 3.70. The maximum Gasteiger partial charge on any atom is 0.317 e. The molecule has 3 rings (SSSR count). The van der Waals surface area contributed by atoms with Crippen LogP contribution in [-0.4, -0.2) is 41.6 Å². The molecule has 2 saturated carbocycles. The van der Waals surface area contributed by atoms with Gasteiger partial charge in [0.1, 0.15) is 0 Å². The molecule has 1 heterocycles. The third-order valence-electron chi connectivity index (χ3n) is 5.60. The van der Waals surface area contributed by atoms with Gasteiger partial charge in [-0.15, -0.1) is 0 Å². The van der Waals surface area contributed by atoms with Crippen molar-refractivity contribution < 1.29 is 14.7 Å². The number of carbonyl (C=O) groups is 2. The number of carbonyl (C=O) groups excluding carboxylic acids is 1. The van der Waals surface area contributed by atoms with Gasteiger partial charge in [-0.3, -0.25) is 4.79 Å². The van der Waals surface area contributed by atoms with Crippen molar-refractivity contribution in [2.24, 2.45) is 17.3 Å². The molecular formula is C16H26N2O3. The lowest BCUT2D eigenvalue weighted by atomic mass is 9.92. The largest absolute Gasteiger partial charge is 0.481 e. The van der Waals surface area contributed by atoms with Crippen LogP contribution in [-0.2, 0) is 4.79 Å². The normalized spacial score (nSPS) is 24.7. The van der Waals surface area contributed by atoms with Crippen LogP contribution in [0, 0.1) is 17.3 Å². The Morgan fingerprint density at radius 3 is 2.33 bits per heavy atom. The van der Waals surface area contributed by atoms with E-state index in [4.69, 9.17) is 5.11 Å². The van der Waals surface area contributed by atoms with Crippen LogP contribution in [0.15, 0.2) is 0 Å². The maximum absolute atomic E-state index is 12.2. The summed E-state index contributed by atoms with van der Waals surface area (Å²) in [5.41, 5.74) is 0.454. The van der Waals surface area contributed by atoms with Gasteiger partial charge in [-0.05, 0) is 62.2 Å². The molecule has 0 aromatic heterocycles. The highest BCUT2D eigenvalue weighted by Crippen LogP contribution is 2.60. The lowest BCUT2D eigenvalue weighted by molar-refractivity contribution is -0.137. The molecule has 3 aliphatic rings. The molecule has 0 aromatic rings. The third-order valence-corrected chi connectivity index (χ3v) is 5.60. The molecule has 0 radical (unpaired) electrons. The van der Waals surface area contributed by atoms with Gasteiger partial charge in [0.15, 0.2) is 0 Å². The smallest absolute Gasteiger partial charge is 0.317 e. The minimum atomic E-state index is -0.718. The van der Waals surface area contributed by atoms with Crippen LogP contribution >= 0.6 is 0 Å². The number of nitrogens with zero attached hydrogens (tertiary/aromatic N) is 1. The average molecular weight is 294 g/mol. The Kier molecular flexibility index (Phi) is 4.09. The molecular weight excluding hydrogens is 268 g/mol. The van der Waals surface area contributed by atoms with Gasteiger partial charge in [0.05, 0.1) is 0 Å². The first kappa shape index (κ1) is 14.7. The summed E-state index contributed by atoms with van der Waals surface area (Å²) < 4.78 is 0. The predicted octanol–water partition coefficient (Wildman–Crippen LogP) is 2.46. The molecule has 1 aliphatic heterocycles. The SMILES string of the molecule is O=C(O)CCC1CCN(C(=O)NCC2(C3CC3)CC2)CC1. The molecule has 2 N–H and O–H groups in total. The Labute approximate surface area is 126 Å². The zero-order chi connectivity index (χ0) is 14.9. The number of carboxylic acid groups (broad SMARTS) is 1. The van der Waals surface area contributed by atoms with Crippen molar-refractivity contribution >= 4 is 12.0 Å². The molecule has 1 saturated heterocycles. The highest BCUT2D eigenvalue weighted by atomic mass is 16.4. The van der Waals surface area contributed by atoms with E-state index in [2.05, 4.69) is 5.32 Å². The monoisotopic (exact) mass is 294 g/mol. The molecule has 5 nitrogen and oxygen atoms in total. The molecule has 5 heteroatoms. The standard InChI is InChI=1S/C16H26N2O3/c19-14(20)4-1-12-5-9-18(10-6-12)15(21)17-11-16(7-8-16)13-2-3-13/h12-13H,1-11H2,(H,17,21)(H,19,20). The number of urea groups is 1. The minimum absolute atomic E-state index is 0.0820. The van der Waals surface area contributed by atoms with Crippen molar-refractivity contribution in [3.05, 3.63) is 0 Å². The summed E-state index contributed by atoms with van der Waals surface area (Å²) in [6.45, 7) is 2.40. The number of amides is 2. The zero-order valence-corrected chi connectivity index (χ0v) is 12.6. The summed E-state index contributed by atoms with van der Waals surface area (Å²) in [7, 11) is 0. The van der Waals surface area contributed by atoms with Crippen LogP contribution in [0.4, 0.5) is 4.79 Å². The van der Waals surface area contributed by atoms with E-state index in [-0.39, 0.29) is 12.5 Å². The lowest BCUT2D eigenvalue weighted by Gasteiger charge is -2.32. The predicted molar refractivity (Wildman–Crippen MR) is 79.0 cm³/mol. The quantitative estimate of drug-likeness (QED) is 0.790. The van der Waals surface area contributed by atoms with Gasteiger partial charge in [0.25, 0.3) is 0 Å². The summed E-state index contributed by atoms with van der Waals surface area (Å²) >= 11 is 0. The van der Waals surface area contributed by atoms with E-state index in [1.807, 2.05) is 4.90 Å². The van der Waals surface area contributed by atoms with Gasteiger partial charge >= 0.3 is 12.0 Å². The number of hydrogen-bond donors (Lipinski definition) is 2. The van der Waals surface area contributed by atoms with E-state index in [1.165, 1.54) is 25.7 Å². The number of aliphatic carboxylic acids is 1. The number of hydrogen-bond acceptors (Lipinski definition) is 2. The van der Waals surface area contributed by atoms with Gasteiger partial charge in [-0.25, -0.2) is 4.79 Å². The van der Waals surface area contributed by atoms with Crippen molar-refractivity contribution in [2.45, 2.75) is 51.4 Å². The van der Waals surface area contributed by atoms with Crippen molar-refractivity contribution in [3.63, 3.8) is 0 Å². The van der Waals surface area contributed by atoms with E-state index < -0.39 is 5.97 Å². The van der Waals surface area contributed by atoms with Gasteiger partial charge in [-0.1, -0.05) is 0 Å². The van der Waals surface area contributed by atoms with E-state index in [9.17, 15) is 9.59 Å². The molecule has 2 amide bonds. The topological polar surface area (TPSA) is 69.6 Å². The number of carboxylic acids is 1. The van der Waals surface area contributed by atoms with E-state index in [0.29, 0.717) is 11.3 Å². The highest BCUT2D eigenvalue weighted by Gasteiger charge is 2.53. The molecule has 21 heavy (non-hydrogen) atoms. The van der Waals surface area contributed by atoms with Crippen molar-refractivity contribution in [1.82, 2.24) is 10.2 Å². The maximum atomic E-state index is 12.2. The Morgan fingerprint density at radius 1 is 1.14 bits per heavy atom. The van der Waals surface area contributed by atoms with Crippen LogP contribution in [0.5, 0.6) is 0 Å². The summed E-state index contributed by atoms with van der Waals surface area (Å²) in [6.07, 6.45) is 8.15. The van der Waals surface area contributed by atoms with Gasteiger partial charge < -0.3 is 15.3 Å². The van der Waals surface area contributed by atoms with E-state index in [1.54, 1.807) is 0 Å². The number of likely N-dealkylation sites (tertiary alicyclic amines) is 1. The van der Waals surface area contributed by atoms with Crippen LogP contribution in [0.3, 0.4) is 0 Å². The Morgan fingerprint density at radius 2 is 1.81 bits per heavy atom. The second kappa shape index (κ2) is 5.85. The summed E-state index contributed by atoms with van der Waals surface area (Å²) in [4.78, 5) is 24.7. The van der Waals surface area contributed by atoms with E-state index >= 15 is 0 Å². The summed E-state index contributed by atoms with van der Waals surface area (Å²) in [6, 6.07) is 0.0820. The number of piperidine rings is 1. The van der Waals surface area contributed by atoms with Crippen molar-refractivity contribution in [1.29, 1.82) is 0 Å². The fourth-order valence-corrected chi connectivity index (χ4v) is 3.70. The summed E-state index contributed by atoms with van der Waals surface area (Å²) in [5.74, 6) is 0.621. The molecule has 0 aromatic carbocycles.